The Morgan fingerprint density at radius 2 is 2.50 bits per heavy atom. The number of fused-ring (bicyclic) bond motifs is 1. The fourth-order valence-corrected chi connectivity index (χ4v) is 2.13. The van der Waals surface area contributed by atoms with Crippen molar-refractivity contribution in [1.82, 2.24) is 9.55 Å². The molecule has 0 aliphatic carbocycles. The standard InChI is InChI=1S/C8H10N4OS/c1-2-12-7(13)6-5(3-4-14-6)10-8(12)11-9/h3-4H,2,9H2,1H3,(H,10,11). The zero-order chi connectivity index (χ0) is 10.1. The van der Waals surface area contributed by atoms with Gasteiger partial charge in [0.05, 0.1) is 5.52 Å². The Bertz CT molecular complexity index is 516. The maximum absolute atomic E-state index is 11.8. The quantitative estimate of drug-likeness (QED) is 0.567. The molecule has 2 aromatic rings. The number of hydrogen-bond acceptors (Lipinski definition) is 5. The summed E-state index contributed by atoms with van der Waals surface area (Å²) in [5, 5.41) is 1.85. The number of thiophene rings is 1. The van der Waals surface area contributed by atoms with Crippen molar-refractivity contribution in [3.8, 4) is 0 Å². The maximum Gasteiger partial charge on any atom is 0.272 e. The Morgan fingerprint density at radius 3 is 3.14 bits per heavy atom. The van der Waals surface area contributed by atoms with Gasteiger partial charge in [-0.25, -0.2) is 10.8 Å². The molecule has 2 heterocycles. The highest BCUT2D eigenvalue weighted by molar-refractivity contribution is 7.17. The van der Waals surface area contributed by atoms with Crippen molar-refractivity contribution < 1.29 is 0 Å². The first-order chi connectivity index (χ1) is 6.77. The summed E-state index contributed by atoms with van der Waals surface area (Å²) in [5.74, 6) is 5.69. The fraction of sp³-hybridized carbons (Fsp3) is 0.250. The van der Waals surface area contributed by atoms with Crippen LogP contribution >= 0.6 is 11.3 Å². The predicted octanol–water partition coefficient (Wildman–Crippen LogP) is 0.763. The highest BCUT2D eigenvalue weighted by Gasteiger charge is 2.08. The largest absolute Gasteiger partial charge is 0.294 e. The van der Waals surface area contributed by atoms with Gasteiger partial charge in [0.1, 0.15) is 4.70 Å². The van der Waals surface area contributed by atoms with E-state index in [4.69, 9.17) is 5.84 Å². The molecule has 6 heteroatoms. The molecule has 74 valence electrons. The molecular formula is C8H10N4OS. The van der Waals surface area contributed by atoms with E-state index in [1.54, 1.807) is 0 Å². The number of rotatable bonds is 2. The Kier molecular flexibility index (Phi) is 2.22. The smallest absolute Gasteiger partial charge is 0.272 e. The predicted molar refractivity (Wildman–Crippen MR) is 57.4 cm³/mol. The van der Waals surface area contributed by atoms with Crippen molar-refractivity contribution in [2.24, 2.45) is 5.84 Å². The van der Waals surface area contributed by atoms with E-state index in [9.17, 15) is 4.79 Å². The van der Waals surface area contributed by atoms with Crippen LogP contribution in [0.1, 0.15) is 6.92 Å². The molecule has 0 aromatic carbocycles. The van der Waals surface area contributed by atoms with Crippen LogP contribution in [0.25, 0.3) is 10.2 Å². The van der Waals surface area contributed by atoms with Crippen LogP contribution < -0.4 is 16.8 Å². The average molecular weight is 210 g/mol. The molecule has 0 atom stereocenters. The second kappa shape index (κ2) is 3.39. The molecule has 0 amide bonds. The van der Waals surface area contributed by atoms with Gasteiger partial charge in [-0.3, -0.25) is 14.8 Å². The van der Waals surface area contributed by atoms with Crippen LogP contribution in [0.15, 0.2) is 16.2 Å². The van der Waals surface area contributed by atoms with E-state index in [-0.39, 0.29) is 5.56 Å². The minimum absolute atomic E-state index is 0.0412. The van der Waals surface area contributed by atoms with Gasteiger partial charge in [0.2, 0.25) is 5.95 Å². The number of nitrogens with two attached hydrogens (primary N) is 1. The van der Waals surface area contributed by atoms with Crippen molar-refractivity contribution in [2.75, 3.05) is 5.43 Å². The van der Waals surface area contributed by atoms with Gasteiger partial charge in [-0.1, -0.05) is 0 Å². The van der Waals surface area contributed by atoms with Crippen molar-refractivity contribution in [3.63, 3.8) is 0 Å². The van der Waals surface area contributed by atoms with Crippen molar-refractivity contribution >= 4 is 27.5 Å². The lowest BCUT2D eigenvalue weighted by molar-refractivity contribution is 0.725. The van der Waals surface area contributed by atoms with E-state index < -0.39 is 0 Å². The van der Waals surface area contributed by atoms with Crippen molar-refractivity contribution in [1.29, 1.82) is 0 Å². The maximum atomic E-state index is 11.8. The summed E-state index contributed by atoms with van der Waals surface area (Å²) in [6, 6.07) is 1.81. The summed E-state index contributed by atoms with van der Waals surface area (Å²) in [5.41, 5.74) is 3.08. The number of aromatic nitrogens is 2. The molecule has 0 saturated carbocycles. The topological polar surface area (TPSA) is 72.9 Å². The normalized spacial score (nSPS) is 10.7. The lowest BCUT2D eigenvalue weighted by Gasteiger charge is -2.07. The number of nitrogens with zero attached hydrogens (tertiary/aromatic N) is 2. The summed E-state index contributed by atoms with van der Waals surface area (Å²) >= 11 is 1.40. The van der Waals surface area contributed by atoms with Gasteiger partial charge >= 0.3 is 0 Å². The number of anilines is 1. The lowest BCUT2D eigenvalue weighted by atomic mass is 10.4. The first-order valence-electron chi connectivity index (χ1n) is 4.22. The van der Waals surface area contributed by atoms with Crippen LogP contribution in [0.3, 0.4) is 0 Å². The fourth-order valence-electron chi connectivity index (χ4n) is 1.35. The van der Waals surface area contributed by atoms with Gasteiger partial charge in [-0.15, -0.1) is 11.3 Å². The number of hydrogen-bond donors (Lipinski definition) is 2. The molecular weight excluding hydrogens is 200 g/mol. The van der Waals surface area contributed by atoms with E-state index >= 15 is 0 Å². The molecule has 0 saturated heterocycles. The molecule has 5 nitrogen and oxygen atoms in total. The molecule has 0 fully saturated rings. The van der Waals surface area contributed by atoms with E-state index in [0.717, 1.165) is 0 Å². The Morgan fingerprint density at radius 1 is 1.71 bits per heavy atom. The summed E-state index contributed by atoms with van der Waals surface area (Å²) < 4.78 is 2.18. The molecule has 0 unspecified atom stereocenters. The summed E-state index contributed by atoms with van der Waals surface area (Å²) in [6.07, 6.45) is 0. The van der Waals surface area contributed by atoms with Crippen LogP contribution in [0.5, 0.6) is 0 Å². The molecule has 14 heavy (non-hydrogen) atoms. The number of nitrogen functional groups attached to an aromatic ring is 1. The molecule has 0 aliphatic rings. The minimum Gasteiger partial charge on any atom is -0.294 e. The van der Waals surface area contributed by atoms with Gasteiger partial charge in [-0.2, -0.15) is 0 Å². The summed E-state index contributed by atoms with van der Waals surface area (Å²) in [4.78, 5) is 16.1. The third-order valence-corrected chi connectivity index (χ3v) is 2.90. The molecule has 0 radical (unpaired) electrons. The van der Waals surface area contributed by atoms with Gasteiger partial charge < -0.3 is 0 Å². The second-order valence-corrected chi connectivity index (χ2v) is 3.68. The van der Waals surface area contributed by atoms with Gasteiger partial charge in [0.25, 0.3) is 5.56 Å². The highest BCUT2D eigenvalue weighted by Crippen LogP contribution is 2.16. The monoisotopic (exact) mass is 210 g/mol. The molecule has 2 rings (SSSR count). The van der Waals surface area contributed by atoms with Crippen LogP contribution in [0.2, 0.25) is 0 Å². The third-order valence-electron chi connectivity index (χ3n) is 2.01. The summed E-state index contributed by atoms with van der Waals surface area (Å²) in [6.45, 7) is 2.43. The molecule has 0 spiro atoms. The molecule has 3 N–H and O–H groups in total. The Labute approximate surface area is 84.2 Å². The first kappa shape index (κ1) is 9.17. The van der Waals surface area contributed by atoms with Crippen molar-refractivity contribution in [3.05, 3.63) is 21.8 Å². The Balaban J connectivity index is 2.86. The van der Waals surface area contributed by atoms with E-state index in [1.807, 2.05) is 18.4 Å². The Hall–Kier alpha value is -1.40. The second-order valence-electron chi connectivity index (χ2n) is 2.76. The first-order valence-corrected chi connectivity index (χ1v) is 5.10. The van der Waals surface area contributed by atoms with E-state index in [2.05, 4.69) is 10.4 Å². The number of nitrogens with one attached hydrogen (secondary N) is 1. The average Bonchev–Trinajstić information content (AvgIpc) is 2.65. The van der Waals surface area contributed by atoms with Crippen molar-refractivity contribution in [2.45, 2.75) is 13.5 Å². The van der Waals surface area contributed by atoms with Gasteiger partial charge in [0, 0.05) is 6.54 Å². The molecule has 0 bridgehead atoms. The highest BCUT2D eigenvalue weighted by atomic mass is 32.1. The lowest BCUT2D eigenvalue weighted by Crippen LogP contribution is -2.25. The van der Waals surface area contributed by atoms with Crippen LogP contribution in [-0.2, 0) is 6.54 Å². The minimum atomic E-state index is -0.0412. The number of hydrazine groups is 1. The zero-order valence-corrected chi connectivity index (χ0v) is 8.47. The molecule has 2 aromatic heterocycles. The third kappa shape index (κ3) is 1.19. The van der Waals surface area contributed by atoms with E-state index in [1.165, 1.54) is 15.9 Å². The SMILES string of the molecule is CCn1c(NN)nc2ccsc2c1=O. The van der Waals surface area contributed by atoms with Crippen LogP contribution in [0.4, 0.5) is 5.95 Å². The molecule has 0 aliphatic heterocycles. The summed E-state index contributed by atoms with van der Waals surface area (Å²) in [7, 11) is 0. The van der Waals surface area contributed by atoms with Gasteiger partial charge in [-0.05, 0) is 18.4 Å². The zero-order valence-electron chi connectivity index (χ0n) is 7.65. The van der Waals surface area contributed by atoms with Gasteiger partial charge in [0.15, 0.2) is 0 Å². The van der Waals surface area contributed by atoms with Crippen LogP contribution in [-0.4, -0.2) is 9.55 Å². The van der Waals surface area contributed by atoms with E-state index in [0.29, 0.717) is 22.7 Å². The van der Waals surface area contributed by atoms with Crippen LogP contribution in [0, 0.1) is 0 Å².